The van der Waals surface area contributed by atoms with Gasteiger partial charge in [-0.15, -0.1) is 0 Å². The highest BCUT2D eigenvalue weighted by atomic mass is 32.2. The van der Waals surface area contributed by atoms with Crippen LogP contribution < -0.4 is 14.8 Å². The summed E-state index contributed by atoms with van der Waals surface area (Å²) in [4.78, 5) is 12.1. The van der Waals surface area contributed by atoms with E-state index in [1.54, 1.807) is 20.1 Å². The first-order valence-corrected chi connectivity index (χ1v) is 9.47. The first kappa shape index (κ1) is 19.2. The lowest BCUT2D eigenvalue weighted by Crippen LogP contribution is -2.37. The van der Waals surface area contributed by atoms with E-state index in [4.69, 9.17) is 9.47 Å². The normalized spacial score (nSPS) is 11.6. The van der Waals surface area contributed by atoms with Crippen LogP contribution in [-0.4, -0.2) is 31.4 Å². The van der Waals surface area contributed by atoms with Gasteiger partial charge in [0.1, 0.15) is 0 Å². The minimum atomic E-state index is -0.572. The van der Waals surface area contributed by atoms with Crippen LogP contribution in [0.5, 0.6) is 11.5 Å². The van der Waals surface area contributed by atoms with Crippen molar-refractivity contribution in [3.63, 3.8) is 0 Å². The Bertz CT molecular complexity index is 690. The summed E-state index contributed by atoms with van der Waals surface area (Å²) < 4.78 is 10.9. The van der Waals surface area contributed by atoms with E-state index < -0.39 is 6.10 Å². The smallest absolute Gasteiger partial charge is 0.260 e. The predicted molar refractivity (Wildman–Crippen MR) is 103 cm³/mol. The Morgan fingerprint density at radius 3 is 2.52 bits per heavy atom. The van der Waals surface area contributed by atoms with Crippen LogP contribution >= 0.6 is 11.8 Å². The quantitative estimate of drug-likeness (QED) is 0.692. The summed E-state index contributed by atoms with van der Waals surface area (Å²) in [5.41, 5.74) is 2.64. The van der Waals surface area contributed by atoms with Gasteiger partial charge in [-0.3, -0.25) is 4.79 Å². The summed E-state index contributed by atoms with van der Waals surface area (Å²) in [5, 5.41) is 2.92. The Morgan fingerprint density at radius 1 is 1.12 bits per heavy atom. The number of carbonyl (C=O) groups is 1. The van der Waals surface area contributed by atoms with Crippen molar-refractivity contribution in [2.75, 3.05) is 19.4 Å². The first-order valence-electron chi connectivity index (χ1n) is 8.31. The standard InChI is InChI=1S/C20H25NO3S/c1-15-8-4-5-9-17(15)14-25-13-12-21-20(22)16(2)24-19-11-7-6-10-18(19)23-3/h4-11,16H,12-14H2,1-3H3,(H,21,22)/t16-/m1/s1. The van der Waals surface area contributed by atoms with Crippen LogP contribution in [0.4, 0.5) is 0 Å². The summed E-state index contributed by atoms with van der Waals surface area (Å²) in [6, 6.07) is 15.7. The fourth-order valence-corrected chi connectivity index (χ4v) is 3.24. The molecule has 0 aliphatic heterocycles. The van der Waals surface area contributed by atoms with Crippen LogP contribution in [0.15, 0.2) is 48.5 Å². The fourth-order valence-electron chi connectivity index (χ4n) is 2.30. The molecule has 2 aromatic rings. The Hall–Kier alpha value is -2.14. The molecule has 0 saturated heterocycles. The van der Waals surface area contributed by atoms with Crippen molar-refractivity contribution in [2.24, 2.45) is 0 Å². The number of para-hydroxylation sites is 2. The van der Waals surface area contributed by atoms with Crippen molar-refractivity contribution >= 4 is 17.7 Å². The van der Waals surface area contributed by atoms with Crippen LogP contribution in [0, 0.1) is 6.92 Å². The van der Waals surface area contributed by atoms with Gasteiger partial charge in [0.15, 0.2) is 17.6 Å². The molecular weight excluding hydrogens is 334 g/mol. The van der Waals surface area contributed by atoms with Crippen molar-refractivity contribution in [3.05, 3.63) is 59.7 Å². The molecule has 0 heterocycles. The summed E-state index contributed by atoms with van der Waals surface area (Å²) >= 11 is 1.81. The van der Waals surface area contributed by atoms with Crippen LogP contribution in [0.25, 0.3) is 0 Å². The second-order valence-electron chi connectivity index (χ2n) is 5.68. The van der Waals surface area contributed by atoms with E-state index in [0.717, 1.165) is 11.5 Å². The molecule has 0 fully saturated rings. The number of carbonyl (C=O) groups excluding carboxylic acids is 1. The molecule has 2 rings (SSSR count). The number of ether oxygens (including phenoxy) is 2. The molecule has 0 spiro atoms. The first-order chi connectivity index (χ1) is 12.1. The molecular formula is C20H25NO3S. The number of aryl methyl sites for hydroxylation is 1. The molecule has 0 aliphatic rings. The minimum Gasteiger partial charge on any atom is -0.493 e. The Morgan fingerprint density at radius 2 is 1.80 bits per heavy atom. The molecule has 0 unspecified atom stereocenters. The van der Waals surface area contributed by atoms with E-state index in [2.05, 4.69) is 30.4 Å². The average molecular weight is 359 g/mol. The van der Waals surface area contributed by atoms with Gasteiger partial charge in [0.2, 0.25) is 0 Å². The Balaban J connectivity index is 1.70. The van der Waals surface area contributed by atoms with Gasteiger partial charge in [-0.05, 0) is 37.1 Å². The molecule has 5 heteroatoms. The minimum absolute atomic E-state index is 0.123. The maximum absolute atomic E-state index is 12.1. The summed E-state index contributed by atoms with van der Waals surface area (Å²) in [6.07, 6.45) is -0.572. The lowest BCUT2D eigenvalue weighted by molar-refractivity contribution is -0.127. The molecule has 0 saturated carbocycles. The average Bonchev–Trinajstić information content (AvgIpc) is 2.63. The summed E-state index contributed by atoms with van der Waals surface area (Å²) in [6.45, 7) is 4.48. The molecule has 25 heavy (non-hydrogen) atoms. The zero-order valence-corrected chi connectivity index (χ0v) is 15.8. The van der Waals surface area contributed by atoms with Crippen LogP contribution in [0.2, 0.25) is 0 Å². The number of hydrogen-bond donors (Lipinski definition) is 1. The lowest BCUT2D eigenvalue weighted by Gasteiger charge is -2.16. The van der Waals surface area contributed by atoms with Gasteiger partial charge in [-0.1, -0.05) is 36.4 Å². The van der Waals surface area contributed by atoms with Crippen LogP contribution in [0.1, 0.15) is 18.1 Å². The Kier molecular flexibility index (Phi) is 7.67. The highest BCUT2D eigenvalue weighted by Crippen LogP contribution is 2.26. The SMILES string of the molecule is COc1ccccc1O[C@H](C)C(=O)NCCSCc1ccccc1C. The second-order valence-corrected chi connectivity index (χ2v) is 6.79. The lowest BCUT2D eigenvalue weighted by atomic mass is 10.1. The monoisotopic (exact) mass is 359 g/mol. The molecule has 1 atom stereocenters. The molecule has 0 bridgehead atoms. The van der Waals surface area contributed by atoms with Crippen molar-refractivity contribution < 1.29 is 14.3 Å². The number of amides is 1. The van der Waals surface area contributed by atoms with E-state index in [1.807, 2.05) is 36.0 Å². The van der Waals surface area contributed by atoms with Crippen molar-refractivity contribution in [1.29, 1.82) is 0 Å². The number of hydrogen-bond acceptors (Lipinski definition) is 4. The van der Waals surface area contributed by atoms with Gasteiger partial charge >= 0.3 is 0 Å². The molecule has 1 N–H and O–H groups in total. The fraction of sp³-hybridized carbons (Fsp3) is 0.350. The van der Waals surface area contributed by atoms with E-state index in [0.29, 0.717) is 18.0 Å². The van der Waals surface area contributed by atoms with Gasteiger partial charge in [-0.25, -0.2) is 0 Å². The zero-order valence-electron chi connectivity index (χ0n) is 15.0. The highest BCUT2D eigenvalue weighted by molar-refractivity contribution is 7.98. The van der Waals surface area contributed by atoms with Crippen LogP contribution in [0.3, 0.4) is 0 Å². The maximum Gasteiger partial charge on any atom is 0.260 e. The number of nitrogens with one attached hydrogen (secondary N) is 1. The van der Waals surface area contributed by atoms with E-state index in [1.165, 1.54) is 11.1 Å². The van der Waals surface area contributed by atoms with Crippen LogP contribution in [-0.2, 0) is 10.5 Å². The summed E-state index contributed by atoms with van der Waals surface area (Å²) in [5.74, 6) is 2.89. The van der Waals surface area contributed by atoms with E-state index >= 15 is 0 Å². The zero-order chi connectivity index (χ0) is 18.1. The van der Waals surface area contributed by atoms with Crippen molar-refractivity contribution in [2.45, 2.75) is 25.7 Å². The van der Waals surface area contributed by atoms with Gasteiger partial charge in [0.05, 0.1) is 7.11 Å². The number of methoxy groups -OCH3 is 1. The van der Waals surface area contributed by atoms with Gasteiger partial charge in [-0.2, -0.15) is 11.8 Å². The predicted octanol–water partition coefficient (Wildman–Crippen LogP) is 3.82. The largest absolute Gasteiger partial charge is 0.493 e. The maximum atomic E-state index is 12.1. The topological polar surface area (TPSA) is 47.6 Å². The molecule has 1 amide bonds. The third-order valence-corrected chi connectivity index (χ3v) is 4.81. The van der Waals surface area contributed by atoms with Crippen molar-refractivity contribution in [3.8, 4) is 11.5 Å². The molecule has 0 aromatic heterocycles. The molecule has 4 nitrogen and oxygen atoms in total. The molecule has 0 aliphatic carbocycles. The third-order valence-electron chi connectivity index (χ3n) is 3.81. The second kappa shape index (κ2) is 9.99. The van der Waals surface area contributed by atoms with E-state index in [9.17, 15) is 4.79 Å². The van der Waals surface area contributed by atoms with Crippen molar-refractivity contribution in [1.82, 2.24) is 5.32 Å². The number of rotatable bonds is 9. The van der Waals surface area contributed by atoms with Gasteiger partial charge in [0, 0.05) is 18.1 Å². The molecule has 0 radical (unpaired) electrons. The number of thioether (sulfide) groups is 1. The summed E-state index contributed by atoms with van der Waals surface area (Å²) in [7, 11) is 1.58. The van der Waals surface area contributed by atoms with Gasteiger partial charge in [0.25, 0.3) is 5.91 Å². The van der Waals surface area contributed by atoms with E-state index in [-0.39, 0.29) is 5.91 Å². The Labute approximate surface area is 153 Å². The number of benzene rings is 2. The molecule has 2 aromatic carbocycles. The van der Waals surface area contributed by atoms with Gasteiger partial charge < -0.3 is 14.8 Å². The third kappa shape index (κ3) is 6.02. The highest BCUT2D eigenvalue weighted by Gasteiger charge is 2.16. The molecule has 134 valence electrons.